The van der Waals surface area contributed by atoms with E-state index in [1.165, 1.54) is 17.8 Å². The van der Waals surface area contributed by atoms with Gasteiger partial charge in [-0.15, -0.1) is 0 Å². The number of carbonyl (C=O) groups excluding carboxylic acids is 1. The number of carbonyl (C=O) groups is 1. The molecule has 4 rings (SSSR count). The molecular formula is C19H15BrClFN2O3S2. The molecule has 2 heterocycles. The van der Waals surface area contributed by atoms with E-state index in [9.17, 15) is 17.6 Å². The number of anilines is 1. The Hall–Kier alpha value is -1.42. The van der Waals surface area contributed by atoms with Crippen LogP contribution in [0.3, 0.4) is 0 Å². The Morgan fingerprint density at radius 1 is 1.28 bits per heavy atom. The van der Waals surface area contributed by atoms with Crippen LogP contribution < -0.4 is 4.90 Å². The molecule has 0 bridgehead atoms. The van der Waals surface area contributed by atoms with Gasteiger partial charge in [0.2, 0.25) is 0 Å². The fourth-order valence-corrected chi connectivity index (χ4v) is 7.93. The molecule has 5 nitrogen and oxygen atoms in total. The molecule has 2 fully saturated rings. The van der Waals surface area contributed by atoms with Crippen molar-refractivity contribution in [2.45, 2.75) is 17.7 Å². The summed E-state index contributed by atoms with van der Waals surface area (Å²) in [4.78, 5) is 18.3. The number of thioether (sulfide) groups is 1. The Bertz CT molecular complexity index is 1130. The second-order valence-corrected chi connectivity index (χ2v) is 11.5. The highest BCUT2D eigenvalue weighted by molar-refractivity contribution is 9.10. The number of hydrogen-bond acceptors (Lipinski definition) is 4. The first kappa shape index (κ1) is 20.8. The number of fused-ring (bicyclic) bond motifs is 1. The molecular weight excluding hydrogens is 503 g/mol. The number of benzene rings is 2. The highest BCUT2D eigenvalue weighted by Gasteiger charge is 2.50. The largest absolute Gasteiger partial charge is 0.313 e. The third kappa shape index (κ3) is 4.38. The molecule has 2 saturated heterocycles. The maximum Gasteiger partial charge on any atom is 0.252 e. The van der Waals surface area contributed by atoms with E-state index >= 15 is 0 Å². The van der Waals surface area contributed by atoms with Gasteiger partial charge in [-0.05, 0) is 29.8 Å². The van der Waals surface area contributed by atoms with Gasteiger partial charge in [-0.25, -0.2) is 12.8 Å². The first-order valence-electron chi connectivity index (χ1n) is 8.70. The Balaban J connectivity index is 1.68. The number of halogens is 3. The number of aliphatic imine (C=N–C) groups is 1. The smallest absolute Gasteiger partial charge is 0.252 e. The molecule has 2 aliphatic heterocycles. The van der Waals surface area contributed by atoms with E-state index in [4.69, 9.17) is 11.6 Å². The number of hydrogen-bond donors (Lipinski definition) is 0. The third-order valence-electron chi connectivity index (χ3n) is 4.76. The first-order chi connectivity index (χ1) is 13.7. The van der Waals surface area contributed by atoms with Gasteiger partial charge >= 0.3 is 0 Å². The summed E-state index contributed by atoms with van der Waals surface area (Å²) in [6, 6.07) is 11.1. The van der Waals surface area contributed by atoms with E-state index in [1.54, 1.807) is 41.3 Å². The molecule has 0 radical (unpaired) electrons. The Labute approximate surface area is 185 Å². The quantitative estimate of drug-likeness (QED) is 0.614. The highest BCUT2D eigenvalue weighted by atomic mass is 79.9. The molecule has 2 aliphatic rings. The van der Waals surface area contributed by atoms with E-state index in [-0.39, 0.29) is 28.9 Å². The average Bonchev–Trinajstić information content (AvgIpc) is 3.08. The SMILES string of the molecule is O=C(Cc1ccccc1Cl)N=C1S[C@H]2CS(=O)(=O)C[C@@H]2N1c1ccc(Br)cc1F. The molecule has 152 valence electrons. The van der Waals surface area contributed by atoms with Crippen LogP contribution in [-0.2, 0) is 21.1 Å². The van der Waals surface area contributed by atoms with Crippen LogP contribution >= 0.6 is 39.3 Å². The predicted octanol–water partition coefficient (Wildman–Crippen LogP) is 4.09. The van der Waals surface area contributed by atoms with Gasteiger partial charge in [0.05, 0.1) is 29.7 Å². The van der Waals surface area contributed by atoms with Gasteiger partial charge in [-0.3, -0.25) is 4.79 Å². The van der Waals surface area contributed by atoms with Crippen molar-refractivity contribution >= 4 is 65.9 Å². The number of amides is 1. The van der Waals surface area contributed by atoms with Gasteiger partial charge in [0.25, 0.3) is 5.91 Å². The van der Waals surface area contributed by atoms with Gasteiger partial charge < -0.3 is 4.90 Å². The zero-order chi connectivity index (χ0) is 20.8. The van der Waals surface area contributed by atoms with Crippen LogP contribution in [0.5, 0.6) is 0 Å². The van der Waals surface area contributed by atoms with Crippen molar-refractivity contribution in [2.75, 3.05) is 16.4 Å². The molecule has 0 aliphatic carbocycles. The van der Waals surface area contributed by atoms with Crippen molar-refractivity contribution in [2.24, 2.45) is 4.99 Å². The van der Waals surface area contributed by atoms with Crippen molar-refractivity contribution in [3.8, 4) is 0 Å². The number of sulfone groups is 1. The molecule has 2 aromatic rings. The summed E-state index contributed by atoms with van der Waals surface area (Å²) < 4.78 is 39.4. The summed E-state index contributed by atoms with van der Waals surface area (Å²) in [6.07, 6.45) is 0.00796. The minimum absolute atomic E-state index is 0.00796. The fraction of sp³-hybridized carbons (Fsp3) is 0.263. The minimum Gasteiger partial charge on any atom is -0.313 e. The van der Waals surface area contributed by atoms with Crippen molar-refractivity contribution in [3.63, 3.8) is 0 Å². The zero-order valence-electron chi connectivity index (χ0n) is 14.9. The topological polar surface area (TPSA) is 66.8 Å². The van der Waals surface area contributed by atoms with E-state index in [1.807, 2.05) is 0 Å². The fourth-order valence-electron chi connectivity index (χ4n) is 3.47. The summed E-state index contributed by atoms with van der Waals surface area (Å²) in [6.45, 7) is 0. The molecule has 0 aromatic heterocycles. The van der Waals surface area contributed by atoms with Gasteiger partial charge in [0.15, 0.2) is 15.0 Å². The monoisotopic (exact) mass is 516 g/mol. The Kier molecular flexibility index (Phi) is 5.76. The lowest BCUT2D eigenvalue weighted by Crippen LogP contribution is -2.38. The van der Waals surface area contributed by atoms with E-state index in [2.05, 4.69) is 20.9 Å². The second-order valence-electron chi connectivity index (χ2n) is 6.82. The summed E-state index contributed by atoms with van der Waals surface area (Å²) in [5.74, 6) is -1.06. The second kappa shape index (κ2) is 8.02. The van der Waals surface area contributed by atoms with E-state index in [0.717, 1.165) is 0 Å². The highest BCUT2D eigenvalue weighted by Crippen LogP contribution is 2.42. The molecule has 0 saturated carbocycles. The summed E-state index contributed by atoms with van der Waals surface area (Å²) in [7, 11) is -3.23. The number of rotatable bonds is 3. The normalized spacial score (nSPS) is 24.1. The van der Waals surface area contributed by atoms with Gasteiger partial charge in [-0.1, -0.05) is 57.5 Å². The maximum absolute atomic E-state index is 14.7. The van der Waals surface area contributed by atoms with Crippen LogP contribution in [0.2, 0.25) is 5.02 Å². The Morgan fingerprint density at radius 2 is 2.03 bits per heavy atom. The average molecular weight is 518 g/mol. The Morgan fingerprint density at radius 3 is 2.76 bits per heavy atom. The van der Waals surface area contributed by atoms with Crippen molar-refractivity contribution in [1.29, 1.82) is 0 Å². The van der Waals surface area contributed by atoms with E-state index < -0.39 is 27.6 Å². The van der Waals surface area contributed by atoms with Crippen LogP contribution in [0.15, 0.2) is 51.9 Å². The van der Waals surface area contributed by atoms with Crippen LogP contribution in [-0.4, -0.2) is 42.3 Å². The number of nitrogens with zero attached hydrogens (tertiary/aromatic N) is 2. The molecule has 10 heteroatoms. The van der Waals surface area contributed by atoms with Crippen LogP contribution in [0.1, 0.15) is 5.56 Å². The van der Waals surface area contributed by atoms with Crippen molar-refractivity contribution in [1.82, 2.24) is 0 Å². The van der Waals surface area contributed by atoms with E-state index in [0.29, 0.717) is 20.2 Å². The standard InChI is InChI=1S/C19H15BrClFN2O3S2/c20-12-5-6-15(14(22)8-12)24-16-9-29(26,27)10-17(16)28-19(24)23-18(25)7-11-3-1-2-4-13(11)21/h1-6,8,16-17H,7,9-10H2/t16-,17-/m0/s1. The van der Waals surface area contributed by atoms with Crippen LogP contribution in [0, 0.1) is 5.82 Å². The maximum atomic E-state index is 14.7. The molecule has 29 heavy (non-hydrogen) atoms. The summed E-state index contributed by atoms with van der Waals surface area (Å²) in [5.41, 5.74) is 0.852. The van der Waals surface area contributed by atoms with Gasteiger partial charge in [0.1, 0.15) is 5.82 Å². The minimum atomic E-state index is -3.23. The predicted molar refractivity (Wildman–Crippen MR) is 118 cm³/mol. The molecule has 0 unspecified atom stereocenters. The molecule has 0 spiro atoms. The third-order valence-corrected chi connectivity index (χ3v) is 8.83. The first-order valence-corrected chi connectivity index (χ1v) is 12.6. The van der Waals surface area contributed by atoms with Crippen molar-refractivity contribution < 1.29 is 17.6 Å². The summed E-state index contributed by atoms with van der Waals surface area (Å²) >= 11 is 10.5. The van der Waals surface area contributed by atoms with Gasteiger partial charge in [0, 0.05) is 14.7 Å². The number of amidine groups is 1. The lowest BCUT2D eigenvalue weighted by molar-refractivity contribution is -0.117. The molecule has 2 aromatic carbocycles. The zero-order valence-corrected chi connectivity index (χ0v) is 18.9. The molecule has 1 amide bonds. The lowest BCUT2D eigenvalue weighted by atomic mass is 10.1. The van der Waals surface area contributed by atoms with Gasteiger partial charge in [-0.2, -0.15) is 4.99 Å². The van der Waals surface area contributed by atoms with Crippen LogP contribution in [0.25, 0.3) is 0 Å². The molecule has 2 atom stereocenters. The van der Waals surface area contributed by atoms with Crippen LogP contribution in [0.4, 0.5) is 10.1 Å². The lowest BCUT2D eigenvalue weighted by Gasteiger charge is -2.25. The van der Waals surface area contributed by atoms with Crippen molar-refractivity contribution in [3.05, 3.63) is 63.3 Å². The summed E-state index contributed by atoms with van der Waals surface area (Å²) in [5, 5.41) is 0.488. The molecule has 0 N–H and O–H groups in total.